The highest BCUT2D eigenvalue weighted by Gasteiger charge is 2.08. The molecule has 0 aliphatic rings. The van der Waals surface area contributed by atoms with Crippen LogP contribution in [-0.4, -0.2) is 34.2 Å². The largest absolute Gasteiger partial charge is 0.360 e. The summed E-state index contributed by atoms with van der Waals surface area (Å²) >= 11 is 2.76. The Balaban J connectivity index is 1.83. The van der Waals surface area contributed by atoms with Crippen LogP contribution in [-0.2, 0) is 4.79 Å². The summed E-state index contributed by atoms with van der Waals surface area (Å²) in [5, 5.41) is 14.6. The van der Waals surface area contributed by atoms with E-state index in [9.17, 15) is 9.59 Å². The molecule has 2 aromatic rings. The predicted molar refractivity (Wildman–Crippen MR) is 89.9 cm³/mol. The first-order chi connectivity index (χ1) is 10.6. The van der Waals surface area contributed by atoms with Crippen LogP contribution in [0.3, 0.4) is 0 Å². The summed E-state index contributed by atoms with van der Waals surface area (Å²) in [6, 6.07) is 6.82. The molecule has 0 saturated heterocycles. The number of thioether (sulfide) groups is 1. The van der Waals surface area contributed by atoms with Crippen LogP contribution >= 0.6 is 23.1 Å². The number of hydrogen-bond donors (Lipinski definition) is 2. The maximum absolute atomic E-state index is 11.9. The zero-order chi connectivity index (χ0) is 15.9. The molecule has 0 fully saturated rings. The maximum Gasteiger partial charge on any atom is 0.234 e. The quantitative estimate of drug-likeness (QED) is 0.597. The molecular formula is C14H16N4O2S2. The van der Waals surface area contributed by atoms with Crippen molar-refractivity contribution < 1.29 is 9.59 Å². The van der Waals surface area contributed by atoms with Crippen molar-refractivity contribution in [2.75, 3.05) is 22.9 Å². The van der Waals surface area contributed by atoms with Crippen molar-refractivity contribution in [2.24, 2.45) is 0 Å². The van der Waals surface area contributed by atoms with Crippen LogP contribution in [0.1, 0.15) is 24.2 Å². The number of carbonyl (C=O) groups excluding carboxylic acids is 2. The molecule has 2 rings (SSSR count). The lowest BCUT2D eigenvalue weighted by Crippen LogP contribution is -2.14. The second-order valence-corrected chi connectivity index (χ2v) is 6.57. The Morgan fingerprint density at radius 2 is 1.95 bits per heavy atom. The summed E-state index contributed by atoms with van der Waals surface area (Å²) in [5.74, 6) is 0.136. The lowest BCUT2D eigenvalue weighted by atomic mass is 10.1. The van der Waals surface area contributed by atoms with Gasteiger partial charge in [-0.2, -0.15) is 0 Å². The van der Waals surface area contributed by atoms with Gasteiger partial charge in [-0.15, -0.1) is 10.2 Å². The van der Waals surface area contributed by atoms with Gasteiger partial charge >= 0.3 is 0 Å². The lowest BCUT2D eigenvalue weighted by Gasteiger charge is -2.04. The van der Waals surface area contributed by atoms with Gasteiger partial charge in [0.2, 0.25) is 11.0 Å². The fourth-order valence-corrected chi connectivity index (χ4v) is 3.22. The number of Topliss-reactive ketones (excluding diaryl/α,β-unsaturated/α-hetero) is 1. The van der Waals surface area contributed by atoms with E-state index in [1.54, 1.807) is 24.3 Å². The number of carbonyl (C=O) groups is 2. The summed E-state index contributed by atoms with van der Waals surface area (Å²) in [6.45, 7) is 4.28. The minimum Gasteiger partial charge on any atom is -0.360 e. The van der Waals surface area contributed by atoms with Gasteiger partial charge in [-0.25, -0.2) is 0 Å². The summed E-state index contributed by atoms with van der Waals surface area (Å²) in [4.78, 5) is 23.1. The molecule has 0 unspecified atom stereocenters. The molecule has 0 spiro atoms. The summed E-state index contributed by atoms with van der Waals surface area (Å²) < 4.78 is 0.748. The second kappa shape index (κ2) is 7.90. The van der Waals surface area contributed by atoms with E-state index in [1.807, 2.05) is 6.92 Å². The van der Waals surface area contributed by atoms with Crippen LogP contribution in [0, 0.1) is 0 Å². The molecule has 1 heterocycles. The van der Waals surface area contributed by atoms with Crippen LogP contribution in [0.4, 0.5) is 10.8 Å². The first-order valence-electron chi connectivity index (χ1n) is 6.69. The highest BCUT2D eigenvalue weighted by atomic mass is 32.2. The average molecular weight is 336 g/mol. The van der Waals surface area contributed by atoms with Crippen LogP contribution in [0.5, 0.6) is 0 Å². The molecule has 6 nitrogen and oxygen atoms in total. The zero-order valence-corrected chi connectivity index (χ0v) is 13.9. The summed E-state index contributed by atoms with van der Waals surface area (Å²) in [5.41, 5.74) is 1.29. The number of ketones is 1. The van der Waals surface area contributed by atoms with Gasteiger partial charge in [0, 0.05) is 17.8 Å². The van der Waals surface area contributed by atoms with Crippen LogP contribution in [0.2, 0.25) is 0 Å². The van der Waals surface area contributed by atoms with Gasteiger partial charge in [0.25, 0.3) is 0 Å². The van der Waals surface area contributed by atoms with Gasteiger partial charge in [0.05, 0.1) is 5.75 Å². The number of nitrogens with zero attached hydrogens (tertiary/aromatic N) is 2. The molecule has 1 amide bonds. The van der Waals surface area contributed by atoms with Crippen molar-refractivity contribution in [3.63, 3.8) is 0 Å². The Labute approximate surface area is 136 Å². The van der Waals surface area contributed by atoms with Crippen molar-refractivity contribution in [3.05, 3.63) is 29.8 Å². The number of rotatable bonds is 7. The maximum atomic E-state index is 11.9. The normalized spacial score (nSPS) is 10.3. The average Bonchev–Trinajstić information content (AvgIpc) is 2.94. The number of anilines is 2. The minimum absolute atomic E-state index is 0.00111. The van der Waals surface area contributed by atoms with E-state index in [4.69, 9.17) is 0 Å². The molecule has 2 N–H and O–H groups in total. The number of nitrogens with one attached hydrogen (secondary N) is 2. The molecule has 1 aromatic heterocycles. The van der Waals surface area contributed by atoms with E-state index in [1.165, 1.54) is 30.0 Å². The third kappa shape index (κ3) is 4.81. The topological polar surface area (TPSA) is 84.0 Å². The molecule has 0 aliphatic carbocycles. The molecule has 116 valence electrons. The predicted octanol–water partition coefficient (Wildman–Crippen LogP) is 2.90. The van der Waals surface area contributed by atoms with Crippen LogP contribution in [0.15, 0.2) is 28.6 Å². The monoisotopic (exact) mass is 336 g/mol. The lowest BCUT2D eigenvalue weighted by molar-refractivity contribution is -0.113. The molecule has 0 bridgehead atoms. The zero-order valence-electron chi connectivity index (χ0n) is 12.3. The van der Waals surface area contributed by atoms with E-state index in [0.29, 0.717) is 11.3 Å². The second-order valence-electron chi connectivity index (χ2n) is 4.37. The van der Waals surface area contributed by atoms with E-state index in [2.05, 4.69) is 20.8 Å². The fraction of sp³-hybridized carbons (Fsp3) is 0.286. The van der Waals surface area contributed by atoms with E-state index in [0.717, 1.165) is 16.0 Å². The molecule has 0 atom stereocenters. The van der Waals surface area contributed by atoms with E-state index < -0.39 is 0 Å². The molecule has 0 radical (unpaired) electrons. The highest BCUT2D eigenvalue weighted by Crippen LogP contribution is 2.25. The highest BCUT2D eigenvalue weighted by molar-refractivity contribution is 8.01. The Hall–Kier alpha value is -1.93. The fourth-order valence-electron chi connectivity index (χ4n) is 1.60. The third-order valence-electron chi connectivity index (χ3n) is 2.64. The number of hydrogen-bond acceptors (Lipinski definition) is 7. The molecule has 0 aliphatic heterocycles. The Morgan fingerprint density at radius 3 is 2.59 bits per heavy atom. The third-order valence-corrected chi connectivity index (χ3v) is 4.65. The SMILES string of the molecule is CCNc1nnc(SCC(=O)Nc2ccc(C(C)=O)cc2)s1. The van der Waals surface area contributed by atoms with Crippen molar-refractivity contribution in [1.82, 2.24) is 10.2 Å². The van der Waals surface area contributed by atoms with Gasteiger partial charge in [-0.05, 0) is 38.1 Å². The first-order valence-corrected chi connectivity index (χ1v) is 8.49. The van der Waals surface area contributed by atoms with Crippen LogP contribution in [0.25, 0.3) is 0 Å². The van der Waals surface area contributed by atoms with Gasteiger partial charge in [-0.1, -0.05) is 23.1 Å². The van der Waals surface area contributed by atoms with Crippen molar-refractivity contribution in [3.8, 4) is 0 Å². The van der Waals surface area contributed by atoms with Gasteiger partial charge in [-0.3, -0.25) is 9.59 Å². The van der Waals surface area contributed by atoms with Gasteiger partial charge in [0.15, 0.2) is 10.1 Å². The van der Waals surface area contributed by atoms with Crippen molar-refractivity contribution >= 4 is 45.6 Å². The first kappa shape index (κ1) is 16.4. The molecule has 1 aromatic carbocycles. The molecule has 0 saturated carbocycles. The number of benzene rings is 1. The van der Waals surface area contributed by atoms with Gasteiger partial charge in [0.1, 0.15) is 0 Å². The number of amides is 1. The van der Waals surface area contributed by atoms with Crippen molar-refractivity contribution in [1.29, 1.82) is 0 Å². The summed E-state index contributed by atoms with van der Waals surface area (Å²) in [6.07, 6.45) is 0. The summed E-state index contributed by atoms with van der Waals surface area (Å²) in [7, 11) is 0. The van der Waals surface area contributed by atoms with Crippen LogP contribution < -0.4 is 10.6 Å². The minimum atomic E-state index is -0.124. The Kier molecular flexibility index (Phi) is 5.91. The van der Waals surface area contributed by atoms with Gasteiger partial charge < -0.3 is 10.6 Å². The standard InChI is InChI=1S/C14H16N4O2S2/c1-3-15-13-17-18-14(22-13)21-8-12(20)16-11-6-4-10(5-7-11)9(2)19/h4-7H,3,8H2,1-2H3,(H,15,17)(H,16,20). The Bertz CT molecular complexity index is 655. The number of aromatic nitrogens is 2. The molecule has 8 heteroatoms. The smallest absolute Gasteiger partial charge is 0.234 e. The van der Waals surface area contributed by atoms with E-state index >= 15 is 0 Å². The molecule has 22 heavy (non-hydrogen) atoms. The van der Waals surface area contributed by atoms with E-state index in [-0.39, 0.29) is 17.4 Å². The Morgan fingerprint density at radius 1 is 1.23 bits per heavy atom. The molecular weight excluding hydrogens is 320 g/mol. The van der Waals surface area contributed by atoms with Crippen molar-refractivity contribution in [2.45, 2.75) is 18.2 Å².